The number of rotatable bonds is 4. The van der Waals surface area contributed by atoms with E-state index in [1.165, 1.54) is 5.56 Å². The van der Waals surface area contributed by atoms with E-state index in [4.69, 9.17) is 9.26 Å². The highest BCUT2D eigenvalue weighted by molar-refractivity contribution is 5.55. The summed E-state index contributed by atoms with van der Waals surface area (Å²) >= 11 is 0. The Kier molecular flexibility index (Phi) is 3.69. The number of ether oxygens (including phenoxy) is 1. The maximum Gasteiger partial charge on any atom is 0.322 e. The molecule has 1 heterocycles. The summed E-state index contributed by atoms with van der Waals surface area (Å²) in [5, 5.41) is 7.30. The predicted molar refractivity (Wildman–Crippen MR) is 76.5 cm³/mol. The summed E-state index contributed by atoms with van der Waals surface area (Å²) in [5.41, 5.74) is 2.18. The van der Waals surface area contributed by atoms with Crippen LogP contribution in [0.4, 0.5) is 6.01 Å². The zero-order valence-corrected chi connectivity index (χ0v) is 11.8. The maximum atomic E-state index is 5.36. The van der Waals surface area contributed by atoms with E-state index in [1.54, 1.807) is 7.11 Å². The van der Waals surface area contributed by atoms with Crippen molar-refractivity contribution in [2.24, 2.45) is 0 Å². The normalized spacial score (nSPS) is 22.1. The van der Waals surface area contributed by atoms with E-state index in [-0.39, 0.29) is 0 Å². The van der Waals surface area contributed by atoms with Crippen LogP contribution in [0, 0.1) is 6.92 Å². The van der Waals surface area contributed by atoms with Gasteiger partial charge in [0.1, 0.15) is 0 Å². The molecule has 1 N–H and O–H groups in total. The van der Waals surface area contributed by atoms with Crippen LogP contribution in [0.5, 0.6) is 0 Å². The number of aryl methyl sites for hydroxylation is 1. The van der Waals surface area contributed by atoms with Crippen LogP contribution in [0.25, 0.3) is 11.4 Å². The van der Waals surface area contributed by atoms with Crippen LogP contribution in [-0.4, -0.2) is 29.4 Å². The minimum atomic E-state index is 0.340. The molecule has 20 heavy (non-hydrogen) atoms. The number of hydrogen-bond donors (Lipinski definition) is 1. The van der Waals surface area contributed by atoms with Crippen LogP contribution in [-0.2, 0) is 4.74 Å². The minimum absolute atomic E-state index is 0.340. The lowest BCUT2D eigenvalue weighted by Crippen LogP contribution is -2.17. The van der Waals surface area contributed by atoms with Crippen molar-refractivity contribution in [3.63, 3.8) is 0 Å². The third-order valence-corrected chi connectivity index (χ3v) is 3.78. The quantitative estimate of drug-likeness (QED) is 0.927. The Morgan fingerprint density at radius 2 is 2.05 bits per heavy atom. The van der Waals surface area contributed by atoms with Crippen molar-refractivity contribution in [2.75, 3.05) is 12.4 Å². The number of nitrogens with zero attached hydrogens (tertiary/aromatic N) is 2. The van der Waals surface area contributed by atoms with Crippen LogP contribution in [0.15, 0.2) is 28.8 Å². The summed E-state index contributed by atoms with van der Waals surface area (Å²) in [4.78, 5) is 4.39. The number of hydrogen-bond acceptors (Lipinski definition) is 5. The highest BCUT2D eigenvalue weighted by atomic mass is 16.5. The highest BCUT2D eigenvalue weighted by Crippen LogP contribution is 2.25. The second-order valence-electron chi connectivity index (χ2n) is 5.30. The zero-order valence-electron chi connectivity index (χ0n) is 11.8. The first kappa shape index (κ1) is 13.1. The molecule has 2 unspecified atom stereocenters. The number of aromatic nitrogens is 2. The summed E-state index contributed by atoms with van der Waals surface area (Å²) in [6.07, 6.45) is 3.47. The van der Waals surface area contributed by atoms with Crippen LogP contribution in [0.1, 0.15) is 24.8 Å². The molecule has 0 radical (unpaired) electrons. The molecule has 1 aromatic carbocycles. The van der Waals surface area contributed by atoms with Gasteiger partial charge in [0.15, 0.2) is 0 Å². The van der Waals surface area contributed by atoms with Crippen molar-refractivity contribution in [2.45, 2.75) is 38.3 Å². The molecule has 1 aliphatic rings. The lowest BCUT2D eigenvalue weighted by atomic mass is 10.1. The molecule has 1 saturated carbocycles. The van der Waals surface area contributed by atoms with Crippen molar-refractivity contribution in [1.29, 1.82) is 0 Å². The molecule has 0 spiro atoms. The minimum Gasteiger partial charge on any atom is -0.381 e. The van der Waals surface area contributed by atoms with Gasteiger partial charge in [-0.1, -0.05) is 35.0 Å². The molecule has 2 atom stereocenters. The van der Waals surface area contributed by atoms with Gasteiger partial charge in [-0.3, -0.25) is 0 Å². The predicted octanol–water partition coefficient (Wildman–Crippen LogP) is 3.02. The van der Waals surface area contributed by atoms with Crippen molar-refractivity contribution in [3.05, 3.63) is 29.8 Å². The molecular weight excluding hydrogens is 254 g/mol. The fourth-order valence-corrected chi connectivity index (χ4v) is 2.56. The van der Waals surface area contributed by atoms with Gasteiger partial charge in [-0.25, -0.2) is 0 Å². The van der Waals surface area contributed by atoms with E-state index in [9.17, 15) is 0 Å². The third kappa shape index (κ3) is 2.82. The average molecular weight is 273 g/mol. The average Bonchev–Trinajstić information content (AvgIpc) is 3.09. The van der Waals surface area contributed by atoms with Crippen LogP contribution in [0.3, 0.4) is 0 Å². The van der Waals surface area contributed by atoms with Gasteiger partial charge >= 0.3 is 6.01 Å². The van der Waals surface area contributed by atoms with Gasteiger partial charge in [0.25, 0.3) is 0 Å². The Bertz CT molecular complexity index is 565. The Hall–Kier alpha value is -1.88. The van der Waals surface area contributed by atoms with E-state index in [0.717, 1.165) is 24.8 Å². The summed E-state index contributed by atoms with van der Waals surface area (Å²) in [7, 11) is 1.76. The van der Waals surface area contributed by atoms with Crippen LogP contribution >= 0.6 is 0 Å². The standard InChI is InChI=1S/C15H19N3O2/c1-10-3-5-11(6-4-10)14-17-15(20-18-14)16-12-7-8-13(9-12)19-2/h3-6,12-13H,7-9H2,1-2H3,(H,16,17,18). The van der Waals surface area contributed by atoms with E-state index < -0.39 is 0 Å². The second-order valence-corrected chi connectivity index (χ2v) is 5.30. The smallest absolute Gasteiger partial charge is 0.322 e. The van der Waals surface area contributed by atoms with Gasteiger partial charge in [0.2, 0.25) is 5.82 Å². The molecule has 1 aromatic heterocycles. The van der Waals surface area contributed by atoms with Gasteiger partial charge in [-0.2, -0.15) is 4.98 Å². The first-order valence-corrected chi connectivity index (χ1v) is 6.94. The summed E-state index contributed by atoms with van der Waals surface area (Å²) in [6.45, 7) is 2.05. The molecule has 5 nitrogen and oxygen atoms in total. The van der Waals surface area contributed by atoms with Crippen molar-refractivity contribution in [3.8, 4) is 11.4 Å². The molecule has 0 saturated heterocycles. The van der Waals surface area contributed by atoms with Crippen molar-refractivity contribution < 1.29 is 9.26 Å². The van der Waals surface area contributed by atoms with Gasteiger partial charge in [0, 0.05) is 18.7 Å². The van der Waals surface area contributed by atoms with Gasteiger partial charge < -0.3 is 14.6 Å². The van der Waals surface area contributed by atoms with Crippen molar-refractivity contribution in [1.82, 2.24) is 10.1 Å². The topological polar surface area (TPSA) is 60.2 Å². The fourth-order valence-electron chi connectivity index (χ4n) is 2.56. The summed E-state index contributed by atoms with van der Waals surface area (Å²) in [6, 6.07) is 8.92. The van der Waals surface area contributed by atoms with Crippen molar-refractivity contribution >= 4 is 6.01 Å². The maximum absolute atomic E-state index is 5.36. The molecule has 2 aromatic rings. The van der Waals surface area contributed by atoms with Crippen LogP contribution in [0.2, 0.25) is 0 Å². The van der Waals surface area contributed by atoms with E-state index in [0.29, 0.717) is 24.0 Å². The van der Waals surface area contributed by atoms with Gasteiger partial charge in [-0.15, -0.1) is 0 Å². The lowest BCUT2D eigenvalue weighted by molar-refractivity contribution is 0.108. The third-order valence-electron chi connectivity index (χ3n) is 3.78. The molecule has 5 heteroatoms. The van der Waals surface area contributed by atoms with Gasteiger partial charge in [-0.05, 0) is 26.2 Å². The van der Waals surface area contributed by atoms with E-state index in [2.05, 4.69) is 22.4 Å². The number of anilines is 1. The number of nitrogens with one attached hydrogen (secondary N) is 1. The number of methoxy groups -OCH3 is 1. The Morgan fingerprint density at radius 3 is 2.75 bits per heavy atom. The second kappa shape index (κ2) is 5.63. The van der Waals surface area contributed by atoms with E-state index in [1.807, 2.05) is 24.3 Å². The molecule has 106 valence electrons. The Balaban J connectivity index is 1.66. The van der Waals surface area contributed by atoms with Gasteiger partial charge in [0.05, 0.1) is 6.10 Å². The Labute approximate surface area is 118 Å². The molecule has 1 fully saturated rings. The molecule has 1 aliphatic carbocycles. The molecule has 0 amide bonds. The number of benzene rings is 1. The first-order valence-electron chi connectivity index (χ1n) is 6.94. The highest BCUT2D eigenvalue weighted by Gasteiger charge is 2.25. The monoisotopic (exact) mass is 273 g/mol. The Morgan fingerprint density at radius 1 is 1.25 bits per heavy atom. The molecule has 0 aliphatic heterocycles. The first-order chi connectivity index (χ1) is 9.74. The largest absolute Gasteiger partial charge is 0.381 e. The molecular formula is C15H19N3O2. The fraction of sp³-hybridized carbons (Fsp3) is 0.467. The summed E-state index contributed by atoms with van der Waals surface area (Å²) in [5.74, 6) is 0.619. The zero-order chi connectivity index (χ0) is 13.9. The SMILES string of the molecule is COC1CCC(Nc2nc(-c3ccc(C)cc3)no2)C1. The molecule has 3 rings (SSSR count). The van der Waals surface area contributed by atoms with E-state index >= 15 is 0 Å². The molecule has 0 bridgehead atoms. The lowest BCUT2D eigenvalue weighted by Gasteiger charge is -2.09. The van der Waals surface area contributed by atoms with Crippen LogP contribution < -0.4 is 5.32 Å². The summed E-state index contributed by atoms with van der Waals surface area (Å²) < 4.78 is 10.6.